The molecule has 12 heteroatoms. The molecule has 0 saturated heterocycles. The number of carbonyl (C=O) groups is 1. The summed E-state index contributed by atoms with van der Waals surface area (Å²) in [4.78, 5) is 41.8. The molecule has 0 fully saturated rings. The van der Waals surface area contributed by atoms with Crippen molar-refractivity contribution in [1.29, 1.82) is 0 Å². The molecular formula is C43H37N7O4Ru. The summed E-state index contributed by atoms with van der Waals surface area (Å²) in [7, 11) is 0. The van der Waals surface area contributed by atoms with Crippen LogP contribution in [0.3, 0.4) is 0 Å². The third-order valence-corrected chi connectivity index (χ3v) is 7.55. The van der Waals surface area contributed by atoms with Crippen molar-refractivity contribution in [1.82, 2.24) is 29.9 Å². The first-order chi connectivity index (χ1) is 26.4. The fourth-order valence-corrected chi connectivity index (χ4v) is 4.92. The summed E-state index contributed by atoms with van der Waals surface area (Å²) in [6, 6.07) is 35.1. The molecule has 0 aliphatic heterocycles. The van der Waals surface area contributed by atoms with E-state index in [1.807, 2.05) is 91.9 Å². The van der Waals surface area contributed by atoms with Crippen LogP contribution in [0.25, 0.3) is 34.2 Å². The molecule has 0 N–H and O–H groups in total. The van der Waals surface area contributed by atoms with Crippen LogP contribution < -0.4 is 10.2 Å². The molecule has 55 heavy (non-hydrogen) atoms. The number of aliphatic imine (C=N–C) groups is 1. The van der Waals surface area contributed by atoms with Crippen molar-refractivity contribution in [2.24, 2.45) is 4.99 Å². The van der Waals surface area contributed by atoms with Crippen molar-refractivity contribution >= 4 is 11.9 Å². The van der Waals surface area contributed by atoms with Crippen LogP contribution in [0.1, 0.15) is 23.6 Å². The molecule has 0 spiro atoms. The fourth-order valence-electron chi connectivity index (χ4n) is 4.92. The van der Waals surface area contributed by atoms with Gasteiger partial charge in [0.15, 0.2) is 6.04 Å². The van der Waals surface area contributed by atoms with Crippen LogP contribution in [0.4, 0.5) is 0 Å². The summed E-state index contributed by atoms with van der Waals surface area (Å²) < 4.78 is 5.07. The number of aromatic nitrogens is 6. The first kappa shape index (κ1) is 41.2. The minimum absolute atomic E-state index is 0. The van der Waals surface area contributed by atoms with Gasteiger partial charge in [-0.1, -0.05) is 48.5 Å². The predicted molar refractivity (Wildman–Crippen MR) is 204 cm³/mol. The third-order valence-electron chi connectivity index (χ3n) is 7.55. The predicted octanol–water partition coefficient (Wildman–Crippen LogP) is 6.09. The topological polar surface area (TPSA) is 162 Å². The Balaban J connectivity index is 0.000000219. The van der Waals surface area contributed by atoms with Gasteiger partial charge in [0.05, 0.1) is 40.8 Å². The molecule has 6 heterocycles. The Kier molecular flexibility index (Phi) is 16.4. The molecule has 6 aromatic heterocycles. The van der Waals surface area contributed by atoms with Crippen LogP contribution in [0.2, 0.25) is 0 Å². The Morgan fingerprint density at radius 2 is 1.07 bits per heavy atom. The molecular weight excluding hydrogens is 780 g/mol. The molecule has 1 atom stereocenters. The second-order valence-electron chi connectivity index (χ2n) is 11.6. The molecule has 0 unspecified atom stereocenters. The zero-order chi connectivity index (χ0) is 38.0. The normalized spacial score (nSPS) is 11.0. The van der Waals surface area contributed by atoms with E-state index in [4.69, 9.17) is 4.74 Å². The van der Waals surface area contributed by atoms with E-state index in [2.05, 4.69) is 34.9 Å². The smallest absolute Gasteiger partial charge is 0.872 e. The molecule has 7 aromatic rings. The molecule has 0 bridgehead atoms. The maximum atomic E-state index is 12.8. The van der Waals surface area contributed by atoms with Crippen molar-refractivity contribution in [3.8, 4) is 39.9 Å². The van der Waals surface area contributed by atoms with E-state index in [1.165, 1.54) is 18.3 Å². The van der Waals surface area contributed by atoms with E-state index in [9.17, 15) is 15.0 Å². The number of benzene rings is 1. The fraction of sp³-hybridized carbons (Fsp3) is 0.116. The summed E-state index contributed by atoms with van der Waals surface area (Å²) in [5.41, 5.74) is 6.88. The largest absolute Gasteiger partial charge is 2.00 e. The Morgan fingerprint density at radius 3 is 1.51 bits per heavy atom. The number of aryl methyl sites for hydroxylation is 1. The van der Waals surface area contributed by atoms with Crippen molar-refractivity contribution in [2.45, 2.75) is 26.3 Å². The van der Waals surface area contributed by atoms with E-state index in [1.54, 1.807) is 62.2 Å². The number of pyridine rings is 6. The number of carbonyl (C=O) groups excluding carboxylic acids is 1. The number of hydrogen-bond acceptors (Lipinski definition) is 11. The number of esters is 1. The Morgan fingerprint density at radius 1 is 0.618 bits per heavy atom. The zero-order valence-corrected chi connectivity index (χ0v) is 31.9. The summed E-state index contributed by atoms with van der Waals surface area (Å²) in [6.45, 7) is 3.81. The Bertz CT molecular complexity index is 2060. The van der Waals surface area contributed by atoms with Gasteiger partial charge in [-0.25, -0.2) is 4.79 Å². The summed E-state index contributed by atoms with van der Waals surface area (Å²) in [5, 5.41) is 24.1. The summed E-state index contributed by atoms with van der Waals surface area (Å²) >= 11 is 0. The maximum Gasteiger partial charge on any atom is 2.00 e. The number of ether oxygens (including phenoxy) is 1. The molecule has 7 rings (SSSR count). The van der Waals surface area contributed by atoms with Crippen LogP contribution >= 0.6 is 0 Å². The number of rotatable bonds is 9. The van der Waals surface area contributed by atoms with E-state index in [0.29, 0.717) is 22.5 Å². The van der Waals surface area contributed by atoms with Crippen LogP contribution in [0.5, 0.6) is 5.75 Å². The molecule has 1 aromatic carbocycles. The maximum absolute atomic E-state index is 12.8. The van der Waals surface area contributed by atoms with Gasteiger partial charge in [-0.15, -0.1) is 5.75 Å². The van der Waals surface area contributed by atoms with Gasteiger partial charge < -0.3 is 14.9 Å². The average Bonchev–Trinajstić information content (AvgIpc) is 3.23. The van der Waals surface area contributed by atoms with Crippen molar-refractivity contribution in [3.63, 3.8) is 0 Å². The molecule has 0 amide bonds. The second kappa shape index (κ2) is 21.9. The minimum atomic E-state index is -1.01. The number of nitrogens with zero attached hydrogens (tertiary/aromatic N) is 7. The van der Waals surface area contributed by atoms with Crippen LogP contribution in [-0.4, -0.2) is 54.4 Å². The average molecular weight is 817 g/mol. The standard InChI is InChI=1S/C23H23N3O4.2C10H8N2.Ru/c1-3-30-23(29)21(13-16-4-6-18(27)7-5-16)26-22(28)17-9-11-25-20(14-17)19-12-15(2)8-10-24-19;2*1-3-7-11-9(5-1)10-6-2-4-8-12-10;/h4-12,14,21,27H,3,13H2,1-2H3,(H,26,28);2*1-8H;/q;;;+2/p-2/t21-;;;/m0.../s1. The van der Waals surface area contributed by atoms with E-state index in [0.717, 1.165) is 28.3 Å². The van der Waals surface area contributed by atoms with Gasteiger partial charge in [-0.2, -0.15) is 0 Å². The molecule has 0 saturated carbocycles. The summed E-state index contributed by atoms with van der Waals surface area (Å²) in [6.07, 6.45) is 10.4. The van der Waals surface area contributed by atoms with Gasteiger partial charge in [-0.3, -0.25) is 34.9 Å². The van der Waals surface area contributed by atoms with E-state index in [-0.39, 0.29) is 38.3 Å². The third kappa shape index (κ3) is 13.1. The van der Waals surface area contributed by atoms with E-state index < -0.39 is 17.9 Å². The quantitative estimate of drug-likeness (QED) is 0.0722. The second-order valence-corrected chi connectivity index (χ2v) is 11.6. The summed E-state index contributed by atoms with van der Waals surface area (Å²) in [5.74, 6) is -1.27. The first-order valence-electron chi connectivity index (χ1n) is 17.1. The van der Waals surface area contributed by atoms with Gasteiger partial charge in [0.2, 0.25) is 0 Å². The molecule has 0 aliphatic carbocycles. The molecule has 0 aliphatic rings. The first-order valence-corrected chi connectivity index (χ1v) is 17.1. The Hall–Kier alpha value is -6.52. The monoisotopic (exact) mass is 817 g/mol. The zero-order valence-electron chi connectivity index (χ0n) is 30.1. The van der Waals surface area contributed by atoms with Gasteiger partial charge in [0.25, 0.3) is 0 Å². The molecule has 276 valence electrons. The molecule has 0 radical (unpaired) electrons. The van der Waals surface area contributed by atoms with Crippen LogP contribution in [0, 0.1) is 6.92 Å². The van der Waals surface area contributed by atoms with Crippen LogP contribution in [0.15, 0.2) is 164 Å². The van der Waals surface area contributed by atoms with Gasteiger partial charge in [-0.05, 0) is 109 Å². The van der Waals surface area contributed by atoms with Crippen molar-refractivity contribution in [3.05, 3.63) is 175 Å². The number of hydrogen-bond donors (Lipinski definition) is 0. The van der Waals surface area contributed by atoms with Gasteiger partial charge in [0, 0.05) is 43.6 Å². The van der Waals surface area contributed by atoms with Crippen molar-refractivity contribution in [2.75, 3.05) is 6.61 Å². The Labute approximate surface area is 332 Å². The van der Waals surface area contributed by atoms with Gasteiger partial charge >= 0.3 is 25.4 Å². The minimum Gasteiger partial charge on any atom is -0.872 e. The van der Waals surface area contributed by atoms with Crippen molar-refractivity contribution < 1.29 is 39.2 Å². The van der Waals surface area contributed by atoms with Crippen LogP contribution in [-0.2, 0) is 35.4 Å². The van der Waals surface area contributed by atoms with E-state index >= 15 is 0 Å². The van der Waals surface area contributed by atoms with Gasteiger partial charge in [0.1, 0.15) is 0 Å². The SMILES string of the molecule is CCOC(=O)[C@H](Cc1ccc([O-])cc1)N=C([O-])c1ccnc(-c2cc(C)ccn2)c1.[Ru+2].c1ccc(-c2ccccn2)nc1.c1ccc(-c2ccccn2)nc1. The molecule has 11 nitrogen and oxygen atoms in total.